The fraction of sp³-hybridized carbons (Fsp3) is 0.889. The van der Waals surface area contributed by atoms with Crippen LogP contribution in [-0.4, -0.2) is 31.3 Å². The number of hydrogen-bond acceptors (Lipinski definition) is 2. The molecule has 1 aliphatic rings. The largest absolute Gasteiger partial charge is 0.341 e. The maximum absolute atomic E-state index is 11.4. The second kappa shape index (κ2) is 4.46. The molecule has 0 heterocycles. The molecule has 1 fully saturated rings. The van der Waals surface area contributed by atoms with Crippen molar-refractivity contribution in [2.24, 2.45) is 5.92 Å². The van der Waals surface area contributed by atoms with Crippen molar-refractivity contribution in [1.82, 2.24) is 10.4 Å². The summed E-state index contributed by atoms with van der Waals surface area (Å²) in [5.74, 6) is 0.592. The van der Waals surface area contributed by atoms with Crippen LogP contribution in [0.25, 0.3) is 0 Å². The normalized spacial score (nSPS) is 27.3. The number of carbonyl (C=O) groups is 1. The van der Waals surface area contributed by atoms with Crippen molar-refractivity contribution in [2.75, 3.05) is 14.2 Å². The number of urea groups is 1. The molecule has 0 bridgehead atoms. The number of amides is 2. The van der Waals surface area contributed by atoms with Crippen LogP contribution in [0.4, 0.5) is 4.79 Å². The van der Waals surface area contributed by atoms with E-state index in [0.29, 0.717) is 12.0 Å². The Balaban J connectivity index is 2.35. The molecule has 1 saturated carbocycles. The van der Waals surface area contributed by atoms with Gasteiger partial charge in [-0.05, 0) is 18.8 Å². The summed E-state index contributed by atoms with van der Waals surface area (Å²) in [6.07, 6.45) is 3.51. The third-order valence-electron chi connectivity index (χ3n) is 2.73. The highest BCUT2D eigenvalue weighted by molar-refractivity contribution is 5.73. The van der Waals surface area contributed by atoms with E-state index in [0.717, 1.165) is 6.42 Å². The number of nitrogens with zero attached hydrogens (tertiary/aromatic N) is 1. The number of rotatable bonds is 2. The van der Waals surface area contributed by atoms with Crippen LogP contribution in [0.2, 0.25) is 0 Å². The van der Waals surface area contributed by atoms with Crippen LogP contribution in [0, 0.1) is 5.92 Å². The zero-order valence-electron chi connectivity index (χ0n) is 8.54. The minimum Gasteiger partial charge on any atom is -0.333 e. The summed E-state index contributed by atoms with van der Waals surface area (Å²) in [4.78, 5) is 16.1. The average Bonchev–Trinajstić information content (AvgIpc) is 2.50. The number of nitrogens with one attached hydrogen (secondary N) is 1. The molecule has 2 amide bonds. The molecule has 1 rings (SSSR count). The highest BCUT2D eigenvalue weighted by atomic mass is 16.7. The lowest BCUT2D eigenvalue weighted by Gasteiger charge is -2.21. The van der Waals surface area contributed by atoms with Gasteiger partial charge in [-0.15, -0.1) is 0 Å². The predicted molar refractivity (Wildman–Crippen MR) is 50.1 cm³/mol. The fourth-order valence-corrected chi connectivity index (χ4v) is 1.69. The molecule has 4 nitrogen and oxygen atoms in total. The zero-order valence-corrected chi connectivity index (χ0v) is 8.54. The van der Waals surface area contributed by atoms with Crippen LogP contribution in [0.3, 0.4) is 0 Å². The van der Waals surface area contributed by atoms with Gasteiger partial charge in [0.1, 0.15) is 0 Å². The van der Waals surface area contributed by atoms with E-state index in [4.69, 9.17) is 4.84 Å². The molecule has 1 N–H and O–H groups in total. The summed E-state index contributed by atoms with van der Waals surface area (Å²) in [6.45, 7) is 2.17. The van der Waals surface area contributed by atoms with Crippen molar-refractivity contribution in [3.05, 3.63) is 0 Å². The summed E-state index contributed by atoms with van der Waals surface area (Å²) in [5, 5.41) is 4.15. The van der Waals surface area contributed by atoms with Gasteiger partial charge in [0.25, 0.3) is 0 Å². The topological polar surface area (TPSA) is 41.6 Å². The second-order valence-electron chi connectivity index (χ2n) is 3.64. The Kier molecular flexibility index (Phi) is 3.54. The van der Waals surface area contributed by atoms with Crippen LogP contribution in [-0.2, 0) is 4.84 Å². The maximum atomic E-state index is 11.4. The monoisotopic (exact) mass is 186 g/mol. The van der Waals surface area contributed by atoms with Gasteiger partial charge in [-0.2, -0.15) is 0 Å². The van der Waals surface area contributed by atoms with Crippen molar-refractivity contribution in [1.29, 1.82) is 0 Å². The van der Waals surface area contributed by atoms with Crippen molar-refractivity contribution in [3.8, 4) is 0 Å². The van der Waals surface area contributed by atoms with E-state index < -0.39 is 0 Å². The molecule has 2 unspecified atom stereocenters. The van der Waals surface area contributed by atoms with Gasteiger partial charge in [0, 0.05) is 13.1 Å². The third kappa shape index (κ3) is 2.59. The van der Waals surface area contributed by atoms with E-state index in [1.165, 1.54) is 25.0 Å². The molecule has 0 aromatic rings. The van der Waals surface area contributed by atoms with Crippen molar-refractivity contribution in [3.63, 3.8) is 0 Å². The molecule has 0 aliphatic heterocycles. The number of hydrogen-bond donors (Lipinski definition) is 1. The molecule has 0 aromatic heterocycles. The smallest absolute Gasteiger partial charge is 0.333 e. The van der Waals surface area contributed by atoms with Gasteiger partial charge in [-0.1, -0.05) is 13.3 Å². The van der Waals surface area contributed by atoms with Gasteiger partial charge in [-0.25, -0.2) is 9.86 Å². The molecule has 0 spiro atoms. The van der Waals surface area contributed by atoms with Gasteiger partial charge in [-0.3, -0.25) is 4.84 Å². The first kappa shape index (κ1) is 10.3. The quantitative estimate of drug-likeness (QED) is 0.662. The zero-order chi connectivity index (χ0) is 9.84. The Morgan fingerprint density at radius 3 is 2.69 bits per heavy atom. The first-order chi connectivity index (χ1) is 6.15. The SMILES string of the molecule is CON(C)C(=O)NC1CCCC1C. The van der Waals surface area contributed by atoms with E-state index in [-0.39, 0.29) is 6.03 Å². The summed E-state index contributed by atoms with van der Waals surface area (Å²) in [6, 6.07) is 0.173. The Morgan fingerprint density at radius 2 is 2.23 bits per heavy atom. The van der Waals surface area contributed by atoms with E-state index in [1.807, 2.05) is 0 Å². The van der Waals surface area contributed by atoms with Gasteiger partial charge in [0.05, 0.1) is 7.11 Å². The van der Waals surface area contributed by atoms with Crippen LogP contribution in [0.15, 0.2) is 0 Å². The minimum absolute atomic E-state index is 0.152. The Hall–Kier alpha value is -0.770. The highest BCUT2D eigenvalue weighted by Gasteiger charge is 2.25. The van der Waals surface area contributed by atoms with Crippen molar-refractivity contribution >= 4 is 6.03 Å². The van der Waals surface area contributed by atoms with E-state index in [1.54, 1.807) is 7.05 Å². The van der Waals surface area contributed by atoms with Crippen LogP contribution < -0.4 is 5.32 Å². The average molecular weight is 186 g/mol. The molecule has 0 radical (unpaired) electrons. The van der Waals surface area contributed by atoms with Crippen molar-refractivity contribution in [2.45, 2.75) is 32.2 Å². The lowest BCUT2D eigenvalue weighted by molar-refractivity contribution is -0.0658. The molecule has 13 heavy (non-hydrogen) atoms. The molecule has 2 atom stereocenters. The standard InChI is InChI=1S/C9H18N2O2/c1-7-5-4-6-8(7)10-9(12)11(2)13-3/h7-8H,4-6H2,1-3H3,(H,10,12). The minimum atomic E-state index is -0.152. The first-order valence-corrected chi connectivity index (χ1v) is 4.73. The maximum Gasteiger partial charge on any atom is 0.341 e. The highest BCUT2D eigenvalue weighted by Crippen LogP contribution is 2.24. The molecule has 1 aliphatic carbocycles. The lowest BCUT2D eigenvalue weighted by atomic mass is 10.1. The van der Waals surface area contributed by atoms with E-state index >= 15 is 0 Å². The van der Waals surface area contributed by atoms with E-state index in [2.05, 4.69) is 12.2 Å². The molecule has 76 valence electrons. The molecule has 0 saturated heterocycles. The summed E-state index contributed by atoms with van der Waals surface area (Å²) >= 11 is 0. The summed E-state index contributed by atoms with van der Waals surface area (Å²) in [7, 11) is 3.09. The number of hydroxylamine groups is 2. The lowest BCUT2D eigenvalue weighted by Crippen LogP contribution is -2.43. The van der Waals surface area contributed by atoms with Crippen LogP contribution in [0.1, 0.15) is 26.2 Å². The van der Waals surface area contributed by atoms with E-state index in [9.17, 15) is 4.79 Å². The van der Waals surface area contributed by atoms with Gasteiger partial charge in [0.2, 0.25) is 0 Å². The summed E-state index contributed by atoms with van der Waals surface area (Å²) < 4.78 is 0. The fourth-order valence-electron chi connectivity index (χ4n) is 1.69. The number of carbonyl (C=O) groups excluding carboxylic acids is 1. The second-order valence-corrected chi connectivity index (χ2v) is 3.64. The molecule has 4 heteroatoms. The Labute approximate surface area is 79.2 Å². The Bertz CT molecular complexity index is 184. The first-order valence-electron chi connectivity index (χ1n) is 4.73. The van der Waals surface area contributed by atoms with Gasteiger partial charge >= 0.3 is 6.03 Å². The Morgan fingerprint density at radius 1 is 1.54 bits per heavy atom. The molecule has 0 aromatic carbocycles. The third-order valence-corrected chi connectivity index (χ3v) is 2.73. The molecular formula is C9H18N2O2. The van der Waals surface area contributed by atoms with Gasteiger partial charge < -0.3 is 5.32 Å². The van der Waals surface area contributed by atoms with Crippen LogP contribution in [0.5, 0.6) is 0 Å². The summed E-state index contributed by atoms with van der Waals surface area (Å²) in [5.41, 5.74) is 0. The van der Waals surface area contributed by atoms with Crippen LogP contribution >= 0.6 is 0 Å². The van der Waals surface area contributed by atoms with Crippen molar-refractivity contribution < 1.29 is 9.63 Å². The predicted octanol–water partition coefficient (Wildman–Crippen LogP) is 1.38. The molecular weight excluding hydrogens is 168 g/mol. The van der Waals surface area contributed by atoms with Gasteiger partial charge in [0.15, 0.2) is 0 Å².